The molecule has 1 heterocycles. The summed E-state index contributed by atoms with van der Waals surface area (Å²) in [6.45, 7) is 7.99. The van der Waals surface area contributed by atoms with Crippen LogP contribution in [-0.4, -0.2) is 50.4 Å². The minimum Gasteiger partial charge on any atom is -0.485 e. The first-order chi connectivity index (χ1) is 9.74. The van der Waals surface area contributed by atoms with E-state index in [0.717, 1.165) is 44.1 Å². The van der Waals surface area contributed by atoms with Gasteiger partial charge in [-0.3, -0.25) is 4.90 Å². The second-order valence-corrected chi connectivity index (χ2v) is 5.36. The van der Waals surface area contributed by atoms with Gasteiger partial charge < -0.3 is 14.8 Å². The van der Waals surface area contributed by atoms with Crippen LogP contribution in [-0.2, 0) is 4.74 Å². The summed E-state index contributed by atoms with van der Waals surface area (Å²) in [5.74, 6) is 0.958. The fourth-order valence-electron chi connectivity index (χ4n) is 2.48. The van der Waals surface area contributed by atoms with E-state index in [1.54, 1.807) is 7.11 Å². The fourth-order valence-corrected chi connectivity index (χ4v) is 2.48. The third-order valence-electron chi connectivity index (χ3n) is 3.94. The van der Waals surface area contributed by atoms with Crippen molar-refractivity contribution < 1.29 is 9.47 Å². The van der Waals surface area contributed by atoms with Crippen LogP contribution in [0.25, 0.3) is 0 Å². The maximum Gasteiger partial charge on any atom is 0.142 e. The van der Waals surface area contributed by atoms with Crippen LogP contribution in [0.1, 0.15) is 20.3 Å². The topological polar surface area (TPSA) is 33.7 Å². The van der Waals surface area contributed by atoms with Crippen LogP contribution in [0, 0.1) is 0 Å². The van der Waals surface area contributed by atoms with Gasteiger partial charge in [0.2, 0.25) is 0 Å². The average molecular weight is 278 g/mol. The van der Waals surface area contributed by atoms with Crippen LogP contribution in [0.2, 0.25) is 0 Å². The Bertz CT molecular complexity index is 411. The minimum absolute atomic E-state index is 0.191. The monoisotopic (exact) mass is 278 g/mol. The summed E-state index contributed by atoms with van der Waals surface area (Å²) < 4.78 is 11.3. The Kier molecular flexibility index (Phi) is 5.68. The highest BCUT2D eigenvalue weighted by atomic mass is 16.5. The molecule has 0 bridgehead atoms. The number of methoxy groups -OCH3 is 1. The van der Waals surface area contributed by atoms with E-state index in [1.807, 2.05) is 18.2 Å². The van der Waals surface area contributed by atoms with Crippen molar-refractivity contribution in [2.24, 2.45) is 0 Å². The molecule has 0 saturated carbocycles. The van der Waals surface area contributed by atoms with E-state index in [-0.39, 0.29) is 6.10 Å². The van der Waals surface area contributed by atoms with Crippen LogP contribution < -0.4 is 10.1 Å². The van der Waals surface area contributed by atoms with E-state index in [2.05, 4.69) is 30.1 Å². The quantitative estimate of drug-likeness (QED) is 0.831. The maximum absolute atomic E-state index is 6.09. The first kappa shape index (κ1) is 15.1. The summed E-state index contributed by atoms with van der Waals surface area (Å²) in [6, 6.07) is 8.67. The lowest BCUT2D eigenvalue weighted by Crippen LogP contribution is -2.46. The van der Waals surface area contributed by atoms with Crippen molar-refractivity contribution in [1.29, 1.82) is 0 Å². The second-order valence-electron chi connectivity index (χ2n) is 5.36. The SMILES string of the molecule is CCC(C)N(CCOC)CC1CNc2ccccc2O1. The van der Waals surface area contributed by atoms with Crippen molar-refractivity contribution >= 4 is 5.69 Å². The van der Waals surface area contributed by atoms with Gasteiger partial charge in [-0.2, -0.15) is 0 Å². The van der Waals surface area contributed by atoms with Gasteiger partial charge >= 0.3 is 0 Å². The van der Waals surface area contributed by atoms with Crippen molar-refractivity contribution in [3.63, 3.8) is 0 Å². The van der Waals surface area contributed by atoms with Gasteiger partial charge in [-0.1, -0.05) is 19.1 Å². The molecule has 1 aromatic rings. The fraction of sp³-hybridized carbons (Fsp3) is 0.625. The van der Waals surface area contributed by atoms with Crippen molar-refractivity contribution in [2.45, 2.75) is 32.4 Å². The molecule has 1 aliphatic rings. The van der Waals surface area contributed by atoms with Crippen molar-refractivity contribution in [3.05, 3.63) is 24.3 Å². The zero-order valence-corrected chi connectivity index (χ0v) is 12.8. The number of benzene rings is 1. The minimum atomic E-state index is 0.191. The molecule has 0 radical (unpaired) electrons. The van der Waals surface area contributed by atoms with Gasteiger partial charge in [-0.25, -0.2) is 0 Å². The number of para-hydroxylation sites is 2. The lowest BCUT2D eigenvalue weighted by molar-refractivity contribution is 0.0800. The number of nitrogens with zero attached hydrogens (tertiary/aromatic N) is 1. The first-order valence-corrected chi connectivity index (χ1v) is 7.47. The van der Waals surface area contributed by atoms with Crippen LogP contribution in [0.15, 0.2) is 24.3 Å². The lowest BCUT2D eigenvalue weighted by Gasteiger charge is -2.34. The maximum atomic E-state index is 6.09. The summed E-state index contributed by atoms with van der Waals surface area (Å²) in [4.78, 5) is 2.45. The zero-order chi connectivity index (χ0) is 14.4. The van der Waals surface area contributed by atoms with Gasteiger partial charge in [0, 0.05) is 26.2 Å². The number of nitrogens with one attached hydrogen (secondary N) is 1. The molecular formula is C16H26N2O2. The van der Waals surface area contributed by atoms with Crippen LogP contribution in [0.5, 0.6) is 5.75 Å². The van der Waals surface area contributed by atoms with Crippen LogP contribution in [0.3, 0.4) is 0 Å². The molecular weight excluding hydrogens is 252 g/mol. The number of fused-ring (bicyclic) bond motifs is 1. The molecule has 112 valence electrons. The molecule has 0 aromatic heterocycles. The van der Waals surface area contributed by atoms with E-state index in [9.17, 15) is 0 Å². The molecule has 20 heavy (non-hydrogen) atoms. The van der Waals surface area contributed by atoms with Crippen molar-refractivity contribution in [2.75, 3.05) is 38.7 Å². The van der Waals surface area contributed by atoms with Crippen molar-refractivity contribution in [1.82, 2.24) is 4.90 Å². The molecule has 2 unspecified atom stereocenters. The third-order valence-corrected chi connectivity index (χ3v) is 3.94. The molecule has 2 rings (SSSR count). The normalized spacial score (nSPS) is 19.1. The van der Waals surface area contributed by atoms with Gasteiger partial charge in [0.05, 0.1) is 18.8 Å². The smallest absolute Gasteiger partial charge is 0.142 e. The Balaban J connectivity index is 1.94. The Labute approximate surface area is 122 Å². The van der Waals surface area contributed by atoms with Crippen LogP contribution >= 0.6 is 0 Å². The van der Waals surface area contributed by atoms with Crippen molar-refractivity contribution in [3.8, 4) is 5.75 Å². The molecule has 0 aliphatic carbocycles. The first-order valence-electron chi connectivity index (χ1n) is 7.47. The van der Waals surface area contributed by atoms with Gasteiger partial charge in [0.1, 0.15) is 11.9 Å². The Morgan fingerprint density at radius 3 is 3.00 bits per heavy atom. The summed E-state index contributed by atoms with van der Waals surface area (Å²) in [7, 11) is 1.75. The zero-order valence-electron chi connectivity index (χ0n) is 12.8. The van der Waals surface area contributed by atoms with E-state index in [1.165, 1.54) is 0 Å². The van der Waals surface area contributed by atoms with Crippen LogP contribution in [0.4, 0.5) is 5.69 Å². The highest BCUT2D eigenvalue weighted by Gasteiger charge is 2.23. The summed E-state index contributed by atoms with van der Waals surface area (Å²) >= 11 is 0. The second kappa shape index (κ2) is 7.50. The number of hydrogen-bond donors (Lipinski definition) is 1. The number of ether oxygens (including phenoxy) is 2. The lowest BCUT2D eigenvalue weighted by atomic mass is 10.1. The third kappa shape index (κ3) is 3.87. The molecule has 0 saturated heterocycles. The average Bonchev–Trinajstić information content (AvgIpc) is 2.50. The van der Waals surface area contributed by atoms with E-state index < -0.39 is 0 Å². The van der Waals surface area contributed by atoms with Gasteiger partial charge in [-0.05, 0) is 25.5 Å². The Morgan fingerprint density at radius 2 is 2.25 bits per heavy atom. The standard InChI is InChI=1S/C16H26N2O2/c1-4-13(2)18(9-10-19-3)12-14-11-17-15-7-5-6-8-16(15)20-14/h5-8,13-14,17H,4,9-12H2,1-3H3. The molecule has 0 amide bonds. The molecule has 4 nitrogen and oxygen atoms in total. The summed E-state index contributed by atoms with van der Waals surface area (Å²) in [5, 5.41) is 3.45. The number of rotatable bonds is 7. The van der Waals surface area contributed by atoms with E-state index >= 15 is 0 Å². The molecule has 1 aliphatic heterocycles. The highest BCUT2D eigenvalue weighted by molar-refractivity contribution is 5.57. The molecule has 2 atom stereocenters. The van der Waals surface area contributed by atoms with Gasteiger partial charge in [0.15, 0.2) is 0 Å². The summed E-state index contributed by atoms with van der Waals surface area (Å²) in [5.41, 5.74) is 1.09. The number of hydrogen-bond acceptors (Lipinski definition) is 4. The van der Waals surface area contributed by atoms with E-state index in [4.69, 9.17) is 9.47 Å². The predicted molar refractivity (Wildman–Crippen MR) is 82.5 cm³/mol. The van der Waals surface area contributed by atoms with Gasteiger partial charge in [0.25, 0.3) is 0 Å². The highest BCUT2D eigenvalue weighted by Crippen LogP contribution is 2.28. The Hall–Kier alpha value is -1.26. The predicted octanol–water partition coefficient (Wildman–Crippen LogP) is 2.61. The summed E-state index contributed by atoms with van der Waals surface area (Å²) in [6.07, 6.45) is 1.33. The van der Waals surface area contributed by atoms with E-state index in [0.29, 0.717) is 6.04 Å². The molecule has 1 N–H and O–H groups in total. The largest absolute Gasteiger partial charge is 0.485 e. The molecule has 4 heteroatoms. The Morgan fingerprint density at radius 1 is 1.45 bits per heavy atom. The number of anilines is 1. The molecule has 1 aromatic carbocycles. The molecule has 0 fully saturated rings. The van der Waals surface area contributed by atoms with Gasteiger partial charge in [-0.15, -0.1) is 0 Å². The molecule has 0 spiro atoms.